The summed E-state index contributed by atoms with van der Waals surface area (Å²) in [5.41, 5.74) is 1.90. The highest BCUT2D eigenvalue weighted by Gasteiger charge is 2.17. The van der Waals surface area contributed by atoms with Gasteiger partial charge in [0.25, 0.3) is 5.91 Å². The van der Waals surface area contributed by atoms with E-state index in [9.17, 15) is 9.90 Å². The van der Waals surface area contributed by atoms with Crippen molar-refractivity contribution < 1.29 is 9.90 Å². The average Bonchev–Trinajstić information content (AvgIpc) is 2.41. The van der Waals surface area contributed by atoms with Gasteiger partial charge in [0, 0.05) is 13.2 Å². The highest BCUT2D eigenvalue weighted by Crippen LogP contribution is 2.22. The minimum atomic E-state index is -0.260. The van der Waals surface area contributed by atoms with Gasteiger partial charge in [0.1, 0.15) is 5.75 Å². The molecule has 0 aliphatic rings. The molecule has 92 valence electrons. The van der Waals surface area contributed by atoms with Gasteiger partial charge in [-0.1, -0.05) is 11.6 Å². The van der Waals surface area contributed by atoms with Crippen LogP contribution in [0.4, 0.5) is 5.69 Å². The second kappa shape index (κ2) is 4.87. The molecule has 1 aromatic heterocycles. The zero-order chi connectivity index (χ0) is 13.1. The van der Waals surface area contributed by atoms with E-state index >= 15 is 0 Å². The Bertz CT molecular complexity index is 567. The van der Waals surface area contributed by atoms with Crippen LogP contribution in [-0.2, 0) is 0 Å². The first kappa shape index (κ1) is 12.1. The molecule has 0 spiro atoms. The van der Waals surface area contributed by atoms with E-state index in [1.807, 2.05) is 6.92 Å². The number of carbonyl (C=O) groups is 1. The number of aromatic hydroxyl groups is 1. The van der Waals surface area contributed by atoms with E-state index in [2.05, 4.69) is 4.98 Å². The van der Waals surface area contributed by atoms with Crippen molar-refractivity contribution in [3.05, 3.63) is 53.9 Å². The van der Waals surface area contributed by atoms with Crippen LogP contribution in [0.5, 0.6) is 5.75 Å². The minimum absolute atomic E-state index is 0.0126. The zero-order valence-electron chi connectivity index (χ0n) is 10.3. The maximum Gasteiger partial charge on any atom is 0.261 e. The molecule has 18 heavy (non-hydrogen) atoms. The fourth-order valence-electron chi connectivity index (χ4n) is 1.67. The lowest BCUT2D eigenvalue weighted by Crippen LogP contribution is -2.26. The van der Waals surface area contributed by atoms with Crippen molar-refractivity contribution in [3.8, 4) is 5.75 Å². The molecule has 1 aromatic carbocycles. The summed E-state index contributed by atoms with van der Waals surface area (Å²) in [6.45, 7) is 1.88. The molecule has 1 N–H and O–H groups in total. The highest BCUT2D eigenvalue weighted by molar-refractivity contribution is 6.07. The van der Waals surface area contributed by atoms with Crippen LogP contribution in [0, 0.1) is 6.92 Å². The van der Waals surface area contributed by atoms with Gasteiger partial charge < -0.3 is 10.0 Å². The molecule has 1 heterocycles. The van der Waals surface area contributed by atoms with Crippen molar-refractivity contribution in [2.75, 3.05) is 11.9 Å². The summed E-state index contributed by atoms with van der Waals surface area (Å²) in [6.07, 6.45) is 3.25. The molecule has 2 rings (SSSR count). The first-order valence-electron chi connectivity index (χ1n) is 5.57. The van der Waals surface area contributed by atoms with Crippen molar-refractivity contribution in [1.29, 1.82) is 0 Å². The lowest BCUT2D eigenvalue weighted by atomic mass is 10.1. The Labute approximate surface area is 106 Å². The van der Waals surface area contributed by atoms with E-state index in [0.717, 1.165) is 5.56 Å². The maximum atomic E-state index is 12.3. The van der Waals surface area contributed by atoms with Gasteiger partial charge in [-0.15, -0.1) is 0 Å². The summed E-state index contributed by atoms with van der Waals surface area (Å²) >= 11 is 0. The molecule has 0 atom stereocenters. The third-order valence-corrected chi connectivity index (χ3v) is 2.72. The first-order valence-corrected chi connectivity index (χ1v) is 5.57. The van der Waals surface area contributed by atoms with Crippen LogP contribution in [0.2, 0.25) is 0 Å². The Hall–Kier alpha value is -2.36. The molecule has 0 saturated carbocycles. The van der Waals surface area contributed by atoms with Crippen LogP contribution in [0.25, 0.3) is 0 Å². The molecule has 0 bridgehead atoms. The molecule has 0 saturated heterocycles. The number of benzene rings is 1. The number of carbonyl (C=O) groups excluding carboxylic acids is 1. The number of aromatic nitrogens is 1. The minimum Gasteiger partial charge on any atom is -0.507 e. The van der Waals surface area contributed by atoms with E-state index < -0.39 is 0 Å². The second-order valence-corrected chi connectivity index (χ2v) is 4.10. The van der Waals surface area contributed by atoms with E-state index in [0.29, 0.717) is 11.3 Å². The molecule has 0 fully saturated rings. The van der Waals surface area contributed by atoms with Gasteiger partial charge in [-0.3, -0.25) is 9.78 Å². The zero-order valence-corrected chi connectivity index (χ0v) is 10.3. The van der Waals surface area contributed by atoms with E-state index in [1.54, 1.807) is 43.7 Å². The number of rotatable bonds is 2. The number of amides is 1. The topological polar surface area (TPSA) is 53.4 Å². The Kier molecular flexibility index (Phi) is 3.28. The number of pyridine rings is 1. The highest BCUT2D eigenvalue weighted by atomic mass is 16.3. The average molecular weight is 242 g/mol. The predicted molar refractivity (Wildman–Crippen MR) is 69.8 cm³/mol. The number of phenols is 1. The van der Waals surface area contributed by atoms with Crippen molar-refractivity contribution in [2.45, 2.75) is 6.92 Å². The monoisotopic (exact) mass is 242 g/mol. The second-order valence-electron chi connectivity index (χ2n) is 4.10. The van der Waals surface area contributed by atoms with Gasteiger partial charge >= 0.3 is 0 Å². The quantitative estimate of drug-likeness (QED) is 0.879. The molecule has 4 nitrogen and oxygen atoms in total. The summed E-state index contributed by atoms with van der Waals surface area (Å²) in [7, 11) is 1.65. The van der Waals surface area contributed by atoms with Gasteiger partial charge in [0.15, 0.2) is 0 Å². The van der Waals surface area contributed by atoms with Gasteiger partial charge in [-0.25, -0.2) is 0 Å². The molecule has 0 unspecified atom stereocenters. The van der Waals surface area contributed by atoms with Gasteiger partial charge in [-0.2, -0.15) is 0 Å². The molecular formula is C14H14N2O2. The van der Waals surface area contributed by atoms with Crippen LogP contribution in [0.15, 0.2) is 42.7 Å². The van der Waals surface area contributed by atoms with Gasteiger partial charge in [0.05, 0.1) is 17.4 Å². The molecule has 0 aliphatic carbocycles. The third-order valence-electron chi connectivity index (χ3n) is 2.72. The van der Waals surface area contributed by atoms with Crippen molar-refractivity contribution in [2.24, 2.45) is 0 Å². The number of anilines is 1. The lowest BCUT2D eigenvalue weighted by Gasteiger charge is -2.17. The molecule has 4 heteroatoms. The smallest absolute Gasteiger partial charge is 0.261 e. The van der Waals surface area contributed by atoms with Crippen LogP contribution < -0.4 is 4.90 Å². The van der Waals surface area contributed by atoms with Crippen LogP contribution >= 0.6 is 0 Å². The Morgan fingerprint density at radius 3 is 2.78 bits per heavy atom. The summed E-state index contributed by atoms with van der Waals surface area (Å²) in [6, 6.07) is 8.51. The summed E-state index contributed by atoms with van der Waals surface area (Å²) in [4.78, 5) is 17.7. The van der Waals surface area contributed by atoms with Crippen molar-refractivity contribution in [1.82, 2.24) is 4.98 Å². The standard InChI is InChI=1S/C14H14N2O2/c1-10-5-6-13(17)12(8-10)14(18)16(2)11-4-3-7-15-9-11/h3-9,17H,1-2H3. The summed E-state index contributed by atoms with van der Waals surface area (Å²) in [5.74, 6) is -0.273. The van der Waals surface area contributed by atoms with Crippen LogP contribution in [-0.4, -0.2) is 23.0 Å². The molecular weight excluding hydrogens is 228 g/mol. The SMILES string of the molecule is Cc1ccc(O)c(C(=O)N(C)c2cccnc2)c1. The first-order chi connectivity index (χ1) is 8.59. The van der Waals surface area contributed by atoms with E-state index in [1.165, 1.54) is 11.0 Å². The van der Waals surface area contributed by atoms with Crippen molar-refractivity contribution in [3.63, 3.8) is 0 Å². The third kappa shape index (κ3) is 2.32. The largest absolute Gasteiger partial charge is 0.507 e. The molecule has 0 aliphatic heterocycles. The Balaban J connectivity index is 2.34. The summed E-state index contributed by atoms with van der Waals surface area (Å²) in [5, 5.41) is 9.74. The predicted octanol–water partition coefficient (Wildman–Crippen LogP) is 2.37. The number of hydrogen-bond acceptors (Lipinski definition) is 3. The Morgan fingerprint density at radius 2 is 2.11 bits per heavy atom. The maximum absolute atomic E-state index is 12.3. The number of phenolic OH excluding ortho intramolecular Hbond substituents is 1. The Morgan fingerprint density at radius 1 is 1.33 bits per heavy atom. The number of hydrogen-bond donors (Lipinski definition) is 1. The van der Waals surface area contributed by atoms with E-state index in [-0.39, 0.29) is 11.7 Å². The van der Waals surface area contributed by atoms with Crippen LogP contribution in [0.3, 0.4) is 0 Å². The van der Waals surface area contributed by atoms with Crippen molar-refractivity contribution >= 4 is 11.6 Å². The molecule has 2 aromatic rings. The number of nitrogens with zero attached hydrogens (tertiary/aromatic N) is 2. The van der Waals surface area contributed by atoms with E-state index in [4.69, 9.17) is 0 Å². The summed E-state index contributed by atoms with van der Waals surface area (Å²) < 4.78 is 0. The normalized spacial score (nSPS) is 10.1. The number of aryl methyl sites for hydroxylation is 1. The molecule has 1 amide bonds. The van der Waals surface area contributed by atoms with Crippen LogP contribution in [0.1, 0.15) is 15.9 Å². The molecule has 0 radical (unpaired) electrons. The van der Waals surface area contributed by atoms with Gasteiger partial charge in [-0.05, 0) is 31.2 Å². The fourth-order valence-corrected chi connectivity index (χ4v) is 1.67. The lowest BCUT2D eigenvalue weighted by molar-refractivity contribution is 0.0990. The fraction of sp³-hybridized carbons (Fsp3) is 0.143. The van der Waals surface area contributed by atoms with Gasteiger partial charge in [0.2, 0.25) is 0 Å².